The fourth-order valence-corrected chi connectivity index (χ4v) is 3.65. The Morgan fingerprint density at radius 3 is 2.64 bits per heavy atom. The molecule has 0 bridgehead atoms. The summed E-state index contributed by atoms with van der Waals surface area (Å²) in [7, 11) is 1.35. The third-order valence-corrected chi connectivity index (χ3v) is 5.27. The maximum Gasteiger partial charge on any atom is 0.331 e. The van der Waals surface area contributed by atoms with Gasteiger partial charge in [-0.15, -0.1) is 0 Å². The third-order valence-electron chi connectivity index (χ3n) is 4.98. The highest BCUT2D eigenvalue weighted by Crippen LogP contribution is 2.33. The van der Waals surface area contributed by atoms with Gasteiger partial charge in [-0.2, -0.15) is 0 Å². The van der Waals surface area contributed by atoms with Crippen molar-refractivity contribution in [2.45, 2.75) is 38.1 Å². The molecule has 1 aromatic heterocycles. The molecule has 1 saturated carbocycles. The number of pyridine rings is 1. The lowest BCUT2D eigenvalue weighted by atomic mass is 9.77. The van der Waals surface area contributed by atoms with Gasteiger partial charge in [-0.05, 0) is 43.1 Å². The van der Waals surface area contributed by atoms with E-state index >= 15 is 0 Å². The molecule has 0 saturated heterocycles. The lowest BCUT2D eigenvalue weighted by Crippen LogP contribution is -2.56. The molecule has 1 aliphatic rings. The number of ether oxygens (including phenoxy) is 1. The Labute approximate surface area is 151 Å². The molecule has 0 spiro atoms. The van der Waals surface area contributed by atoms with Crippen LogP contribution < -0.4 is 5.32 Å². The minimum atomic E-state index is -0.988. The molecule has 1 fully saturated rings. The Kier molecular flexibility index (Phi) is 4.95. The molecule has 0 aliphatic heterocycles. The van der Waals surface area contributed by atoms with Gasteiger partial charge in [0.2, 0.25) is 0 Å². The number of rotatable bonds is 3. The second kappa shape index (κ2) is 7.00. The van der Waals surface area contributed by atoms with Crippen molar-refractivity contribution >= 4 is 34.2 Å². The van der Waals surface area contributed by atoms with Crippen LogP contribution in [0, 0.1) is 5.92 Å². The number of fused-ring (bicyclic) bond motifs is 1. The molecule has 6 heteroatoms. The number of hydrogen-bond donors (Lipinski definition) is 1. The molecule has 132 valence electrons. The number of amides is 1. The second-order valence-corrected chi connectivity index (χ2v) is 7.09. The van der Waals surface area contributed by atoms with E-state index < -0.39 is 17.4 Å². The van der Waals surface area contributed by atoms with Crippen molar-refractivity contribution in [2.75, 3.05) is 7.11 Å². The molecule has 3 rings (SSSR count). The number of halogens is 1. The molecule has 0 unspecified atom stereocenters. The topological polar surface area (TPSA) is 68.3 Å². The SMILES string of the molecule is COC(=O)C1(NC(=O)c2cc3ccccc3c(Cl)n2)CCC(C)CC1. The minimum absolute atomic E-state index is 0.200. The number of methoxy groups -OCH3 is 1. The van der Waals surface area contributed by atoms with Gasteiger partial charge in [0.25, 0.3) is 5.91 Å². The van der Waals surface area contributed by atoms with Crippen LogP contribution in [0.1, 0.15) is 43.1 Å². The van der Waals surface area contributed by atoms with Crippen LogP contribution in [0.15, 0.2) is 30.3 Å². The normalized spacial score (nSPS) is 23.2. The Morgan fingerprint density at radius 1 is 1.28 bits per heavy atom. The number of nitrogens with one attached hydrogen (secondary N) is 1. The molecule has 1 heterocycles. The number of aromatic nitrogens is 1. The number of carbonyl (C=O) groups excluding carboxylic acids is 2. The first kappa shape index (κ1) is 17.7. The number of carbonyl (C=O) groups is 2. The molecular weight excluding hydrogens is 340 g/mol. The van der Waals surface area contributed by atoms with E-state index in [2.05, 4.69) is 17.2 Å². The zero-order chi connectivity index (χ0) is 18.0. The van der Waals surface area contributed by atoms with Gasteiger partial charge < -0.3 is 10.1 Å². The van der Waals surface area contributed by atoms with Crippen LogP contribution in [-0.4, -0.2) is 29.5 Å². The Balaban J connectivity index is 1.90. The minimum Gasteiger partial charge on any atom is -0.467 e. The molecular formula is C19H21ClN2O3. The maximum absolute atomic E-state index is 12.8. The van der Waals surface area contributed by atoms with Crippen molar-refractivity contribution < 1.29 is 14.3 Å². The van der Waals surface area contributed by atoms with Crippen molar-refractivity contribution in [1.82, 2.24) is 10.3 Å². The highest BCUT2D eigenvalue weighted by Gasteiger charge is 2.43. The summed E-state index contributed by atoms with van der Waals surface area (Å²) in [5.74, 6) is -0.282. The third kappa shape index (κ3) is 3.47. The van der Waals surface area contributed by atoms with E-state index in [1.807, 2.05) is 24.3 Å². The van der Waals surface area contributed by atoms with E-state index in [9.17, 15) is 9.59 Å². The summed E-state index contributed by atoms with van der Waals surface area (Å²) in [4.78, 5) is 29.3. The summed E-state index contributed by atoms with van der Waals surface area (Å²) in [5.41, 5.74) is -0.788. The van der Waals surface area contributed by atoms with Crippen LogP contribution in [0.4, 0.5) is 0 Å². The number of nitrogens with zero attached hydrogens (tertiary/aromatic N) is 1. The zero-order valence-corrected chi connectivity index (χ0v) is 15.1. The average molecular weight is 361 g/mol. The quantitative estimate of drug-likeness (QED) is 0.668. The standard InChI is InChI=1S/C19H21ClN2O3/c1-12-7-9-19(10-8-12,18(24)25-2)22-17(23)15-11-13-5-3-4-6-14(13)16(20)21-15/h3-6,11-12H,7-10H2,1-2H3,(H,22,23). The van der Waals surface area contributed by atoms with Crippen LogP contribution in [-0.2, 0) is 9.53 Å². The van der Waals surface area contributed by atoms with Gasteiger partial charge in [-0.3, -0.25) is 4.79 Å². The van der Waals surface area contributed by atoms with Crippen LogP contribution in [0.25, 0.3) is 10.8 Å². The van der Waals surface area contributed by atoms with Crippen molar-refractivity contribution in [2.24, 2.45) is 5.92 Å². The molecule has 1 amide bonds. The van der Waals surface area contributed by atoms with Gasteiger partial charge in [0.05, 0.1) is 7.11 Å². The van der Waals surface area contributed by atoms with E-state index in [4.69, 9.17) is 16.3 Å². The van der Waals surface area contributed by atoms with E-state index in [1.54, 1.807) is 6.07 Å². The van der Waals surface area contributed by atoms with Crippen molar-refractivity contribution in [3.8, 4) is 0 Å². The van der Waals surface area contributed by atoms with Gasteiger partial charge in [-0.1, -0.05) is 42.8 Å². The van der Waals surface area contributed by atoms with Crippen molar-refractivity contribution in [3.05, 3.63) is 41.2 Å². The van der Waals surface area contributed by atoms with Crippen molar-refractivity contribution in [1.29, 1.82) is 0 Å². The maximum atomic E-state index is 12.8. The monoisotopic (exact) mass is 360 g/mol. The van der Waals surface area contributed by atoms with Crippen LogP contribution in [0.3, 0.4) is 0 Å². The fraction of sp³-hybridized carbons (Fsp3) is 0.421. The van der Waals surface area contributed by atoms with Gasteiger partial charge in [0.15, 0.2) is 0 Å². The lowest BCUT2D eigenvalue weighted by molar-refractivity contribution is -0.150. The lowest BCUT2D eigenvalue weighted by Gasteiger charge is -2.37. The van der Waals surface area contributed by atoms with E-state index in [1.165, 1.54) is 7.11 Å². The summed E-state index contributed by atoms with van der Waals surface area (Å²) in [6.45, 7) is 2.15. The van der Waals surface area contributed by atoms with E-state index in [-0.39, 0.29) is 10.8 Å². The molecule has 1 aromatic carbocycles. The molecule has 1 aliphatic carbocycles. The first-order valence-electron chi connectivity index (χ1n) is 8.41. The molecule has 2 aromatic rings. The first-order chi connectivity index (χ1) is 11.9. The van der Waals surface area contributed by atoms with Gasteiger partial charge >= 0.3 is 5.97 Å². The van der Waals surface area contributed by atoms with Crippen LogP contribution in [0.2, 0.25) is 5.15 Å². The molecule has 0 atom stereocenters. The van der Waals surface area contributed by atoms with Crippen LogP contribution >= 0.6 is 11.6 Å². The molecule has 25 heavy (non-hydrogen) atoms. The molecule has 1 N–H and O–H groups in total. The van der Waals surface area contributed by atoms with Gasteiger partial charge in [0, 0.05) is 5.39 Å². The van der Waals surface area contributed by atoms with E-state index in [0.717, 1.165) is 23.6 Å². The van der Waals surface area contributed by atoms with Gasteiger partial charge in [-0.25, -0.2) is 9.78 Å². The summed E-state index contributed by atoms with van der Waals surface area (Å²) < 4.78 is 4.96. The smallest absolute Gasteiger partial charge is 0.331 e. The zero-order valence-electron chi connectivity index (χ0n) is 14.3. The Bertz CT molecular complexity index is 813. The van der Waals surface area contributed by atoms with Crippen molar-refractivity contribution in [3.63, 3.8) is 0 Å². The summed E-state index contributed by atoms with van der Waals surface area (Å²) in [6, 6.07) is 9.15. The summed E-state index contributed by atoms with van der Waals surface area (Å²) in [6.07, 6.45) is 2.85. The predicted molar refractivity (Wildman–Crippen MR) is 96.6 cm³/mol. The Hall–Kier alpha value is -2.14. The largest absolute Gasteiger partial charge is 0.467 e. The van der Waals surface area contributed by atoms with E-state index in [0.29, 0.717) is 18.8 Å². The first-order valence-corrected chi connectivity index (χ1v) is 8.79. The fourth-order valence-electron chi connectivity index (χ4n) is 3.38. The number of hydrogen-bond acceptors (Lipinski definition) is 4. The highest BCUT2D eigenvalue weighted by atomic mass is 35.5. The second-order valence-electron chi connectivity index (χ2n) is 6.73. The Morgan fingerprint density at radius 2 is 1.96 bits per heavy atom. The van der Waals surface area contributed by atoms with Gasteiger partial charge in [0.1, 0.15) is 16.4 Å². The number of esters is 1. The van der Waals surface area contributed by atoms with Crippen LogP contribution in [0.5, 0.6) is 0 Å². The summed E-state index contributed by atoms with van der Waals surface area (Å²) in [5, 5.41) is 4.77. The highest BCUT2D eigenvalue weighted by molar-refractivity contribution is 6.34. The number of benzene rings is 1. The predicted octanol–water partition coefficient (Wildman–Crippen LogP) is 3.74. The average Bonchev–Trinajstić information content (AvgIpc) is 2.63. The molecule has 5 nitrogen and oxygen atoms in total. The molecule has 0 radical (unpaired) electrons. The summed E-state index contributed by atoms with van der Waals surface area (Å²) >= 11 is 6.21.